The number of hydrazone groups is 1. The SMILES string of the molecule is Cc1ccc(S(=O)(=O)N(CC(=O)N/N=C\c2cc(C)n(-c3ccccc3Cl)c2C)c2ccc(C(C)C)cc2)cc1. The Morgan fingerprint density at radius 1 is 1.00 bits per heavy atom. The van der Waals surface area contributed by atoms with Gasteiger partial charge in [0, 0.05) is 17.0 Å². The number of anilines is 1. The summed E-state index contributed by atoms with van der Waals surface area (Å²) in [5.41, 5.74) is 8.40. The molecule has 7 nitrogen and oxygen atoms in total. The lowest BCUT2D eigenvalue weighted by atomic mass is 10.0. The van der Waals surface area contributed by atoms with Crippen LogP contribution >= 0.6 is 11.6 Å². The highest BCUT2D eigenvalue weighted by Crippen LogP contribution is 2.27. The molecule has 0 bridgehead atoms. The first-order chi connectivity index (χ1) is 19.0. The second-order valence-electron chi connectivity index (χ2n) is 9.98. The van der Waals surface area contributed by atoms with Crippen LogP contribution in [0.3, 0.4) is 0 Å². The highest BCUT2D eigenvalue weighted by atomic mass is 35.5. The van der Waals surface area contributed by atoms with E-state index in [2.05, 4.69) is 24.4 Å². The van der Waals surface area contributed by atoms with Gasteiger partial charge in [0.1, 0.15) is 6.54 Å². The largest absolute Gasteiger partial charge is 0.316 e. The molecule has 0 aliphatic heterocycles. The molecular formula is C31H33ClN4O3S. The fourth-order valence-corrected chi connectivity index (χ4v) is 6.08. The molecule has 40 heavy (non-hydrogen) atoms. The number of nitrogens with one attached hydrogen (secondary N) is 1. The monoisotopic (exact) mass is 576 g/mol. The Kier molecular flexibility index (Phi) is 8.81. The van der Waals surface area contributed by atoms with Gasteiger partial charge in [0.2, 0.25) is 0 Å². The highest BCUT2D eigenvalue weighted by molar-refractivity contribution is 7.92. The van der Waals surface area contributed by atoms with Crippen molar-refractivity contribution in [3.63, 3.8) is 0 Å². The summed E-state index contributed by atoms with van der Waals surface area (Å²) < 4.78 is 30.4. The van der Waals surface area contributed by atoms with Crippen LogP contribution in [-0.4, -0.2) is 31.7 Å². The first-order valence-corrected chi connectivity index (χ1v) is 14.8. The van der Waals surface area contributed by atoms with Crippen molar-refractivity contribution < 1.29 is 13.2 Å². The quantitative estimate of drug-likeness (QED) is 0.182. The molecule has 1 aromatic heterocycles. The van der Waals surface area contributed by atoms with Gasteiger partial charge in [-0.15, -0.1) is 0 Å². The maximum atomic E-state index is 13.6. The minimum absolute atomic E-state index is 0.106. The van der Waals surface area contributed by atoms with Gasteiger partial charge in [-0.05, 0) is 74.7 Å². The Morgan fingerprint density at radius 2 is 1.65 bits per heavy atom. The van der Waals surface area contributed by atoms with E-state index >= 15 is 0 Å². The molecule has 0 saturated heterocycles. The molecule has 1 heterocycles. The van der Waals surface area contributed by atoms with Crippen molar-refractivity contribution in [2.24, 2.45) is 5.10 Å². The van der Waals surface area contributed by atoms with Crippen molar-refractivity contribution in [2.75, 3.05) is 10.8 Å². The third-order valence-electron chi connectivity index (χ3n) is 6.70. The average Bonchev–Trinajstić information content (AvgIpc) is 3.20. The van der Waals surface area contributed by atoms with E-state index in [1.54, 1.807) is 42.6 Å². The number of aromatic nitrogens is 1. The fourth-order valence-electron chi connectivity index (χ4n) is 4.44. The van der Waals surface area contributed by atoms with Crippen LogP contribution in [0.2, 0.25) is 5.02 Å². The molecule has 0 aliphatic carbocycles. The Balaban J connectivity index is 1.57. The molecule has 1 amide bonds. The molecule has 4 rings (SSSR count). The molecular weight excluding hydrogens is 544 g/mol. The molecule has 0 saturated carbocycles. The number of carbonyl (C=O) groups is 1. The van der Waals surface area contributed by atoms with Crippen molar-refractivity contribution in [3.8, 4) is 5.69 Å². The van der Waals surface area contributed by atoms with Crippen molar-refractivity contribution in [3.05, 3.63) is 112 Å². The van der Waals surface area contributed by atoms with E-state index in [4.69, 9.17) is 11.6 Å². The van der Waals surface area contributed by atoms with E-state index in [0.29, 0.717) is 10.7 Å². The van der Waals surface area contributed by atoms with Gasteiger partial charge < -0.3 is 4.57 Å². The Hall–Kier alpha value is -3.88. The average molecular weight is 577 g/mol. The van der Waals surface area contributed by atoms with Crippen molar-refractivity contribution in [2.45, 2.75) is 45.4 Å². The van der Waals surface area contributed by atoms with Crippen LogP contribution in [0.25, 0.3) is 5.69 Å². The predicted octanol–water partition coefficient (Wildman–Crippen LogP) is 6.52. The number of sulfonamides is 1. The van der Waals surface area contributed by atoms with Crippen LogP contribution in [0.5, 0.6) is 0 Å². The van der Waals surface area contributed by atoms with Gasteiger partial charge in [0.05, 0.1) is 27.5 Å². The summed E-state index contributed by atoms with van der Waals surface area (Å²) in [4.78, 5) is 13.1. The normalized spacial score (nSPS) is 11.8. The van der Waals surface area contributed by atoms with Gasteiger partial charge in [-0.3, -0.25) is 9.10 Å². The Labute approximate surface area is 241 Å². The first-order valence-electron chi connectivity index (χ1n) is 12.9. The zero-order chi connectivity index (χ0) is 29.0. The summed E-state index contributed by atoms with van der Waals surface area (Å²) in [5.74, 6) is -0.284. The smallest absolute Gasteiger partial charge is 0.264 e. The predicted molar refractivity (Wildman–Crippen MR) is 162 cm³/mol. The number of halogens is 1. The highest BCUT2D eigenvalue weighted by Gasteiger charge is 2.27. The molecule has 0 atom stereocenters. The van der Waals surface area contributed by atoms with Gasteiger partial charge in [-0.1, -0.05) is 67.4 Å². The summed E-state index contributed by atoms with van der Waals surface area (Å²) in [7, 11) is -4.02. The summed E-state index contributed by atoms with van der Waals surface area (Å²) in [6.45, 7) is 9.48. The number of carbonyl (C=O) groups excluding carboxylic acids is 1. The maximum Gasteiger partial charge on any atom is 0.264 e. The lowest BCUT2D eigenvalue weighted by Crippen LogP contribution is -2.39. The minimum Gasteiger partial charge on any atom is -0.316 e. The summed E-state index contributed by atoms with van der Waals surface area (Å²) in [5, 5.41) is 4.75. The van der Waals surface area contributed by atoms with Gasteiger partial charge in [-0.2, -0.15) is 5.10 Å². The molecule has 0 spiro atoms. The number of benzene rings is 3. The maximum absolute atomic E-state index is 13.6. The second kappa shape index (κ2) is 12.1. The molecule has 9 heteroatoms. The molecule has 3 aromatic carbocycles. The third kappa shape index (κ3) is 6.29. The van der Waals surface area contributed by atoms with E-state index in [1.807, 2.05) is 67.8 Å². The van der Waals surface area contributed by atoms with Crippen LogP contribution in [0, 0.1) is 20.8 Å². The number of rotatable bonds is 9. The van der Waals surface area contributed by atoms with Gasteiger partial charge in [0.15, 0.2) is 0 Å². The molecule has 208 valence electrons. The number of amides is 1. The van der Waals surface area contributed by atoms with E-state index in [1.165, 1.54) is 0 Å². The summed E-state index contributed by atoms with van der Waals surface area (Å²) >= 11 is 6.40. The van der Waals surface area contributed by atoms with Crippen molar-refractivity contribution in [1.29, 1.82) is 0 Å². The molecule has 0 unspecified atom stereocenters. The van der Waals surface area contributed by atoms with E-state index in [9.17, 15) is 13.2 Å². The van der Waals surface area contributed by atoms with Crippen LogP contribution in [0.15, 0.2) is 88.9 Å². The van der Waals surface area contributed by atoms with E-state index in [0.717, 1.165) is 38.1 Å². The summed E-state index contributed by atoms with van der Waals surface area (Å²) in [6, 6.07) is 23.3. The van der Waals surface area contributed by atoms with E-state index < -0.39 is 22.5 Å². The number of aryl methyl sites for hydroxylation is 2. The van der Waals surface area contributed by atoms with Crippen LogP contribution in [0.4, 0.5) is 5.69 Å². The number of hydrogen-bond donors (Lipinski definition) is 1. The molecule has 0 radical (unpaired) electrons. The molecule has 0 aliphatic rings. The number of hydrogen-bond acceptors (Lipinski definition) is 4. The van der Waals surface area contributed by atoms with Gasteiger partial charge in [-0.25, -0.2) is 13.8 Å². The summed E-state index contributed by atoms with van der Waals surface area (Å²) in [6.07, 6.45) is 1.55. The fraction of sp³-hybridized carbons (Fsp3) is 0.226. The van der Waals surface area contributed by atoms with Crippen molar-refractivity contribution >= 4 is 39.4 Å². The Morgan fingerprint density at radius 3 is 2.27 bits per heavy atom. The molecule has 4 aromatic rings. The Bertz CT molecular complexity index is 1640. The minimum atomic E-state index is -4.02. The third-order valence-corrected chi connectivity index (χ3v) is 8.81. The standard InChI is InChI=1S/C31H33ClN4O3S/c1-21(2)25-12-14-27(15-13-25)35(40(38,39)28-16-10-22(3)11-17-28)20-31(37)34-33-19-26-18-23(4)36(24(26)5)30-9-7-6-8-29(30)32/h6-19,21H,20H2,1-5H3,(H,34,37)/b33-19-. The van der Waals surface area contributed by atoms with E-state index in [-0.39, 0.29) is 10.8 Å². The van der Waals surface area contributed by atoms with Crippen LogP contribution in [-0.2, 0) is 14.8 Å². The zero-order valence-corrected chi connectivity index (χ0v) is 24.8. The van der Waals surface area contributed by atoms with Gasteiger partial charge >= 0.3 is 0 Å². The van der Waals surface area contributed by atoms with Gasteiger partial charge in [0.25, 0.3) is 15.9 Å². The van der Waals surface area contributed by atoms with Crippen LogP contribution in [0.1, 0.15) is 47.8 Å². The number of para-hydroxylation sites is 1. The topological polar surface area (TPSA) is 83.8 Å². The lowest BCUT2D eigenvalue weighted by Gasteiger charge is -2.24. The number of nitrogens with zero attached hydrogens (tertiary/aromatic N) is 3. The van der Waals surface area contributed by atoms with Crippen molar-refractivity contribution in [1.82, 2.24) is 9.99 Å². The lowest BCUT2D eigenvalue weighted by molar-refractivity contribution is -0.119. The molecule has 0 fully saturated rings. The molecule has 1 N–H and O–H groups in total. The first kappa shape index (κ1) is 29.1. The van der Waals surface area contributed by atoms with Crippen LogP contribution < -0.4 is 9.73 Å². The zero-order valence-electron chi connectivity index (χ0n) is 23.2. The second-order valence-corrected chi connectivity index (χ2v) is 12.2.